The van der Waals surface area contributed by atoms with E-state index in [1.54, 1.807) is 16.4 Å². The Bertz CT molecular complexity index is 815. The van der Waals surface area contributed by atoms with Crippen LogP contribution in [0, 0.1) is 0 Å². The van der Waals surface area contributed by atoms with Crippen molar-refractivity contribution in [3.05, 3.63) is 41.8 Å². The maximum absolute atomic E-state index is 13.0. The average Bonchev–Trinajstić information content (AvgIpc) is 3.33. The SMILES string of the molecule is O=S(=O)(c1cccs1)N1CCN(CCN2CCCC2)c2ccccc21. The van der Waals surface area contributed by atoms with E-state index < -0.39 is 10.0 Å². The summed E-state index contributed by atoms with van der Waals surface area (Å²) in [4.78, 5) is 4.82. The molecule has 0 N–H and O–H groups in total. The molecule has 2 aliphatic rings. The molecule has 5 nitrogen and oxygen atoms in total. The Morgan fingerprint density at radius 1 is 0.880 bits per heavy atom. The number of hydrogen-bond acceptors (Lipinski definition) is 5. The van der Waals surface area contributed by atoms with Gasteiger partial charge in [0.25, 0.3) is 10.0 Å². The Kier molecular flexibility index (Phi) is 4.71. The third-order valence-electron chi connectivity index (χ3n) is 4.99. The minimum atomic E-state index is -3.47. The fourth-order valence-corrected chi connectivity index (χ4v) is 6.24. The number of para-hydroxylation sites is 2. The third-order valence-corrected chi connectivity index (χ3v) is 8.17. The summed E-state index contributed by atoms with van der Waals surface area (Å²) in [6.07, 6.45) is 2.59. The Hall–Kier alpha value is -1.57. The van der Waals surface area contributed by atoms with Crippen molar-refractivity contribution in [3.63, 3.8) is 0 Å². The van der Waals surface area contributed by atoms with Crippen molar-refractivity contribution in [2.45, 2.75) is 17.1 Å². The van der Waals surface area contributed by atoms with Gasteiger partial charge in [-0.1, -0.05) is 18.2 Å². The van der Waals surface area contributed by atoms with Crippen LogP contribution in [0.5, 0.6) is 0 Å². The van der Waals surface area contributed by atoms with Crippen molar-refractivity contribution >= 4 is 32.7 Å². The van der Waals surface area contributed by atoms with Gasteiger partial charge in [-0.15, -0.1) is 11.3 Å². The smallest absolute Gasteiger partial charge is 0.273 e. The van der Waals surface area contributed by atoms with E-state index in [1.807, 2.05) is 29.6 Å². The predicted octanol–water partition coefficient (Wildman–Crippen LogP) is 2.86. The number of hydrogen-bond donors (Lipinski definition) is 0. The number of nitrogens with zero attached hydrogens (tertiary/aromatic N) is 3. The van der Waals surface area contributed by atoms with E-state index in [4.69, 9.17) is 0 Å². The van der Waals surface area contributed by atoms with E-state index in [2.05, 4.69) is 9.80 Å². The molecule has 0 amide bonds. The van der Waals surface area contributed by atoms with Crippen LogP contribution in [-0.4, -0.2) is 52.6 Å². The van der Waals surface area contributed by atoms with E-state index in [0.717, 1.165) is 31.0 Å². The van der Waals surface area contributed by atoms with Crippen LogP contribution in [0.25, 0.3) is 0 Å². The Labute approximate surface area is 153 Å². The number of thiophene rings is 1. The lowest BCUT2D eigenvalue weighted by Crippen LogP contribution is -2.46. The molecule has 0 atom stereocenters. The molecule has 2 aromatic rings. The molecule has 0 spiro atoms. The Morgan fingerprint density at radius 3 is 2.36 bits per heavy atom. The minimum absolute atomic E-state index is 0.410. The summed E-state index contributed by atoms with van der Waals surface area (Å²) >= 11 is 1.28. The molecule has 1 fully saturated rings. The summed E-state index contributed by atoms with van der Waals surface area (Å²) in [5, 5.41) is 1.81. The topological polar surface area (TPSA) is 43.9 Å². The first kappa shape index (κ1) is 16.9. The lowest BCUT2D eigenvalue weighted by Gasteiger charge is -2.38. The lowest BCUT2D eigenvalue weighted by molar-refractivity contribution is 0.344. The van der Waals surface area contributed by atoms with Gasteiger partial charge in [-0.3, -0.25) is 4.31 Å². The molecule has 134 valence electrons. The molecule has 4 rings (SSSR count). The first-order valence-corrected chi connectivity index (χ1v) is 11.1. The summed E-state index contributed by atoms with van der Waals surface area (Å²) < 4.78 is 28.0. The molecule has 1 saturated heterocycles. The lowest BCUT2D eigenvalue weighted by atomic mass is 10.2. The molecule has 1 aromatic carbocycles. The summed E-state index contributed by atoms with van der Waals surface area (Å²) in [6, 6.07) is 11.3. The van der Waals surface area contributed by atoms with E-state index >= 15 is 0 Å². The van der Waals surface area contributed by atoms with Crippen molar-refractivity contribution in [2.75, 3.05) is 48.5 Å². The van der Waals surface area contributed by atoms with Crippen LogP contribution in [0.1, 0.15) is 12.8 Å². The van der Waals surface area contributed by atoms with Gasteiger partial charge in [0.1, 0.15) is 4.21 Å². The molecule has 0 aliphatic carbocycles. The number of likely N-dealkylation sites (tertiary alicyclic amines) is 1. The zero-order valence-corrected chi connectivity index (χ0v) is 15.8. The van der Waals surface area contributed by atoms with E-state index in [0.29, 0.717) is 10.8 Å². The molecule has 7 heteroatoms. The van der Waals surface area contributed by atoms with Crippen molar-refractivity contribution in [2.24, 2.45) is 0 Å². The summed E-state index contributed by atoms with van der Waals surface area (Å²) in [5.41, 5.74) is 1.82. The predicted molar refractivity (Wildman–Crippen MR) is 103 cm³/mol. The second-order valence-corrected chi connectivity index (χ2v) is 9.57. The molecular weight excluding hydrogens is 354 g/mol. The highest BCUT2D eigenvalue weighted by Crippen LogP contribution is 2.37. The van der Waals surface area contributed by atoms with Gasteiger partial charge in [0, 0.05) is 19.6 Å². The highest BCUT2D eigenvalue weighted by Gasteiger charge is 2.32. The monoisotopic (exact) mass is 377 g/mol. The summed E-state index contributed by atoms with van der Waals surface area (Å²) in [6.45, 7) is 5.60. The molecule has 0 saturated carbocycles. The van der Waals surface area contributed by atoms with Gasteiger partial charge < -0.3 is 9.80 Å². The Balaban J connectivity index is 1.58. The summed E-state index contributed by atoms with van der Waals surface area (Å²) in [7, 11) is -3.47. The maximum Gasteiger partial charge on any atom is 0.273 e. The third kappa shape index (κ3) is 3.28. The van der Waals surface area contributed by atoms with E-state index in [-0.39, 0.29) is 0 Å². The first-order valence-electron chi connectivity index (χ1n) is 8.79. The van der Waals surface area contributed by atoms with Gasteiger partial charge in [0.15, 0.2) is 0 Å². The summed E-state index contributed by atoms with van der Waals surface area (Å²) in [5.74, 6) is 0. The molecule has 3 heterocycles. The number of sulfonamides is 1. The van der Waals surface area contributed by atoms with Gasteiger partial charge in [-0.05, 0) is 49.5 Å². The van der Waals surface area contributed by atoms with Crippen LogP contribution in [0.15, 0.2) is 46.0 Å². The quantitative estimate of drug-likeness (QED) is 0.804. The standard InChI is InChI=1S/C18H23N3O2S2/c22-25(23,18-8-5-15-24-18)21-14-13-20(12-11-19-9-3-4-10-19)16-6-1-2-7-17(16)21/h1-2,5-8,15H,3-4,9-14H2. The molecule has 1 aromatic heterocycles. The molecule has 0 unspecified atom stereocenters. The Morgan fingerprint density at radius 2 is 1.64 bits per heavy atom. The molecule has 25 heavy (non-hydrogen) atoms. The average molecular weight is 378 g/mol. The number of anilines is 2. The maximum atomic E-state index is 13.0. The van der Waals surface area contributed by atoms with Crippen molar-refractivity contribution in [1.29, 1.82) is 0 Å². The van der Waals surface area contributed by atoms with Gasteiger partial charge in [-0.2, -0.15) is 0 Å². The largest absolute Gasteiger partial charge is 0.367 e. The van der Waals surface area contributed by atoms with E-state index in [1.165, 1.54) is 37.3 Å². The zero-order valence-electron chi connectivity index (χ0n) is 14.2. The molecule has 0 radical (unpaired) electrons. The van der Waals surface area contributed by atoms with Crippen molar-refractivity contribution < 1.29 is 8.42 Å². The van der Waals surface area contributed by atoms with Gasteiger partial charge in [-0.25, -0.2) is 8.42 Å². The fraction of sp³-hybridized carbons (Fsp3) is 0.444. The number of benzene rings is 1. The fourth-order valence-electron chi connectivity index (χ4n) is 3.66. The van der Waals surface area contributed by atoms with E-state index in [9.17, 15) is 8.42 Å². The number of rotatable bonds is 5. The first-order chi connectivity index (χ1) is 12.2. The van der Waals surface area contributed by atoms with Crippen LogP contribution < -0.4 is 9.21 Å². The highest BCUT2D eigenvalue weighted by molar-refractivity contribution is 7.94. The second-order valence-electron chi connectivity index (χ2n) is 6.53. The van der Waals surface area contributed by atoms with Gasteiger partial charge >= 0.3 is 0 Å². The second kappa shape index (κ2) is 6.97. The van der Waals surface area contributed by atoms with Crippen LogP contribution >= 0.6 is 11.3 Å². The van der Waals surface area contributed by atoms with Crippen LogP contribution in [-0.2, 0) is 10.0 Å². The van der Waals surface area contributed by atoms with Crippen molar-refractivity contribution in [3.8, 4) is 0 Å². The molecule has 2 aliphatic heterocycles. The van der Waals surface area contributed by atoms with Crippen molar-refractivity contribution in [1.82, 2.24) is 4.90 Å². The van der Waals surface area contributed by atoms with Crippen LogP contribution in [0.2, 0.25) is 0 Å². The van der Waals surface area contributed by atoms with Gasteiger partial charge in [0.2, 0.25) is 0 Å². The normalized spacial score (nSPS) is 18.6. The van der Waals surface area contributed by atoms with Crippen LogP contribution in [0.4, 0.5) is 11.4 Å². The van der Waals surface area contributed by atoms with Gasteiger partial charge in [0.05, 0.1) is 17.9 Å². The number of fused-ring (bicyclic) bond motifs is 1. The zero-order chi connectivity index (χ0) is 17.3. The molecule has 0 bridgehead atoms. The molecular formula is C18H23N3O2S2. The minimum Gasteiger partial charge on any atom is -0.367 e. The van der Waals surface area contributed by atoms with Crippen LogP contribution in [0.3, 0.4) is 0 Å². The highest BCUT2D eigenvalue weighted by atomic mass is 32.2.